The van der Waals surface area contributed by atoms with Crippen LogP contribution in [0, 0.1) is 11.7 Å². The molecule has 0 unspecified atom stereocenters. The Kier molecular flexibility index (Phi) is 7.96. The average Bonchev–Trinajstić information content (AvgIpc) is 3.40. The largest absolute Gasteiger partial charge is 0.481 e. The highest BCUT2D eigenvalue weighted by Gasteiger charge is 2.37. The zero-order chi connectivity index (χ0) is 29.3. The van der Waals surface area contributed by atoms with E-state index in [-0.39, 0.29) is 32.9 Å². The van der Waals surface area contributed by atoms with E-state index in [0.29, 0.717) is 31.4 Å². The van der Waals surface area contributed by atoms with Crippen LogP contribution in [0.5, 0.6) is 0 Å². The van der Waals surface area contributed by atoms with Gasteiger partial charge in [0.25, 0.3) is 5.91 Å². The van der Waals surface area contributed by atoms with Crippen molar-refractivity contribution in [2.75, 3.05) is 23.3 Å². The maximum Gasteiger partial charge on any atom is 0.419 e. The lowest BCUT2D eigenvalue weighted by atomic mass is 9.80. The molecule has 0 bridgehead atoms. The second-order valence-electron chi connectivity index (χ2n) is 9.38. The maximum absolute atomic E-state index is 14.5. The Morgan fingerprint density at radius 1 is 1.12 bits per heavy atom. The number of carbonyl (C=O) groups is 2. The maximum atomic E-state index is 14.5. The van der Waals surface area contributed by atoms with Crippen LogP contribution < -0.4 is 10.2 Å². The topological polar surface area (TPSA) is 95.4 Å². The van der Waals surface area contributed by atoms with Crippen molar-refractivity contribution in [3.63, 3.8) is 0 Å². The van der Waals surface area contributed by atoms with Gasteiger partial charge >= 0.3 is 12.1 Å². The summed E-state index contributed by atoms with van der Waals surface area (Å²) in [6.07, 6.45) is -3.16. The van der Waals surface area contributed by atoms with E-state index in [1.807, 2.05) is 35.2 Å². The molecule has 1 aliphatic rings. The van der Waals surface area contributed by atoms with E-state index in [0.717, 1.165) is 23.0 Å². The molecule has 0 radical (unpaired) electrons. The van der Waals surface area contributed by atoms with E-state index in [1.54, 1.807) is 0 Å². The quantitative estimate of drug-likeness (QED) is 0.231. The number of nitrogens with one attached hydrogen (secondary N) is 1. The molecule has 1 amide bonds. The standard InChI is InChI=1S/C28H21ClF4N4O3S/c29-21-11-16(12-34-24(21)37-10-9-17(26(39)40)19(13-37)15-5-2-1-3-6-15)25(38)36-27-35-22(14-41-27)18-7-4-8-20(23(18)30)28(31,32)33/h1-8,11-12,14,17,19H,9-10,13H2,(H,39,40)(H,35,36,38)/t17-,19-/m0/s1. The molecule has 2 N–H and O–H groups in total. The number of pyridine rings is 1. The minimum absolute atomic E-state index is 0.0449. The molecule has 1 fully saturated rings. The van der Waals surface area contributed by atoms with Gasteiger partial charge < -0.3 is 10.0 Å². The van der Waals surface area contributed by atoms with Gasteiger partial charge in [0.15, 0.2) is 5.13 Å². The number of nitrogens with zero attached hydrogens (tertiary/aromatic N) is 3. The Morgan fingerprint density at radius 2 is 1.88 bits per heavy atom. The van der Waals surface area contributed by atoms with Gasteiger partial charge in [-0.25, -0.2) is 14.4 Å². The van der Waals surface area contributed by atoms with Crippen LogP contribution in [0.1, 0.15) is 33.8 Å². The SMILES string of the molecule is O=C(Nc1nc(-c2cccc(C(F)(F)F)c2F)cs1)c1cnc(N2CC[C@H](C(=O)O)[C@H](c3ccccc3)C2)c(Cl)c1. The van der Waals surface area contributed by atoms with Crippen molar-refractivity contribution in [3.05, 3.63) is 93.7 Å². The second kappa shape index (κ2) is 11.5. The number of rotatable bonds is 6. The van der Waals surface area contributed by atoms with Gasteiger partial charge in [-0.15, -0.1) is 11.3 Å². The molecule has 2 aromatic heterocycles. The fourth-order valence-electron chi connectivity index (χ4n) is 4.84. The van der Waals surface area contributed by atoms with Crippen molar-refractivity contribution in [2.45, 2.75) is 18.5 Å². The molecule has 0 aliphatic carbocycles. The summed E-state index contributed by atoms with van der Waals surface area (Å²) in [4.78, 5) is 35.1. The first-order chi connectivity index (χ1) is 19.5. The molecule has 13 heteroatoms. The van der Waals surface area contributed by atoms with Crippen LogP contribution in [0.25, 0.3) is 11.3 Å². The van der Waals surface area contributed by atoms with Crippen LogP contribution >= 0.6 is 22.9 Å². The highest BCUT2D eigenvalue weighted by molar-refractivity contribution is 7.14. The highest BCUT2D eigenvalue weighted by atomic mass is 35.5. The number of piperidine rings is 1. The van der Waals surface area contributed by atoms with Crippen molar-refractivity contribution in [1.29, 1.82) is 0 Å². The van der Waals surface area contributed by atoms with Gasteiger partial charge in [0, 0.05) is 36.1 Å². The smallest absolute Gasteiger partial charge is 0.419 e. The zero-order valence-electron chi connectivity index (χ0n) is 21.0. The molecule has 1 saturated heterocycles. The van der Waals surface area contributed by atoms with E-state index < -0.39 is 35.4 Å². The number of benzene rings is 2. The number of hydrogen-bond donors (Lipinski definition) is 2. The number of halogens is 5. The monoisotopic (exact) mass is 604 g/mol. The first kappa shape index (κ1) is 28.5. The van der Waals surface area contributed by atoms with Crippen molar-refractivity contribution in [2.24, 2.45) is 5.92 Å². The lowest BCUT2D eigenvalue weighted by Gasteiger charge is -2.38. The Labute approximate surface area is 240 Å². The van der Waals surface area contributed by atoms with Gasteiger partial charge in [0.1, 0.15) is 11.6 Å². The van der Waals surface area contributed by atoms with Gasteiger partial charge in [-0.2, -0.15) is 13.2 Å². The Hall–Kier alpha value is -4.03. The fraction of sp³-hybridized carbons (Fsp3) is 0.214. The molecule has 3 heterocycles. The van der Waals surface area contributed by atoms with Gasteiger partial charge in [-0.05, 0) is 30.2 Å². The number of alkyl halides is 3. The lowest BCUT2D eigenvalue weighted by molar-refractivity contribution is -0.143. The number of aromatic nitrogens is 2. The van der Waals surface area contributed by atoms with E-state index in [2.05, 4.69) is 15.3 Å². The molecule has 4 aromatic rings. The van der Waals surface area contributed by atoms with E-state index in [4.69, 9.17) is 11.6 Å². The molecule has 2 atom stereocenters. The third kappa shape index (κ3) is 6.03. The highest BCUT2D eigenvalue weighted by Crippen LogP contribution is 2.38. The number of carboxylic acids is 1. The molecule has 5 rings (SSSR count). The first-order valence-corrected chi connectivity index (χ1v) is 13.6. The number of thiazole rings is 1. The molecule has 0 spiro atoms. The predicted octanol–water partition coefficient (Wildman–Crippen LogP) is 6.96. The third-order valence-electron chi connectivity index (χ3n) is 6.85. The van der Waals surface area contributed by atoms with Gasteiger partial charge in [-0.1, -0.05) is 48.0 Å². The second-order valence-corrected chi connectivity index (χ2v) is 10.6. The summed E-state index contributed by atoms with van der Waals surface area (Å²) in [7, 11) is 0. The molecular formula is C28H21ClF4N4O3S. The number of carbonyl (C=O) groups excluding carboxylic acids is 1. The van der Waals surface area contributed by atoms with Crippen LogP contribution in [0.3, 0.4) is 0 Å². The van der Waals surface area contributed by atoms with E-state index >= 15 is 0 Å². The van der Waals surface area contributed by atoms with Crippen molar-refractivity contribution in [1.82, 2.24) is 9.97 Å². The zero-order valence-corrected chi connectivity index (χ0v) is 22.6. The van der Waals surface area contributed by atoms with Crippen molar-refractivity contribution >= 4 is 45.8 Å². The van der Waals surface area contributed by atoms with Crippen molar-refractivity contribution in [3.8, 4) is 11.3 Å². The number of hydrogen-bond acceptors (Lipinski definition) is 6. The molecule has 0 saturated carbocycles. The van der Waals surface area contributed by atoms with Crippen LogP contribution in [0.4, 0.5) is 28.5 Å². The predicted molar refractivity (Wildman–Crippen MR) is 147 cm³/mol. The number of amides is 1. The van der Waals surface area contributed by atoms with E-state index in [1.165, 1.54) is 23.7 Å². The van der Waals surface area contributed by atoms with Gasteiger partial charge in [0.05, 0.1) is 27.8 Å². The summed E-state index contributed by atoms with van der Waals surface area (Å²) in [5, 5.41) is 13.9. The molecular weight excluding hydrogens is 584 g/mol. The molecule has 41 heavy (non-hydrogen) atoms. The molecule has 212 valence electrons. The number of carboxylic acid groups (broad SMARTS) is 1. The first-order valence-electron chi connectivity index (χ1n) is 12.3. The summed E-state index contributed by atoms with van der Waals surface area (Å²) in [5.41, 5.74) is -0.814. The van der Waals surface area contributed by atoms with Crippen molar-refractivity contribution < 1.29 is 32.3 Å². The minimum atomic E-state index is -4.86. The molecule has 1 aliphatic heterocycles. The summed E-state index contributed by atoms with van der Waals surface area (Å²) in [6, 6.07) is 13.7. The van der Waals surface area contributed by atoms with E-state index in [9.17, 15) is 32.3 Å². The summed E-state index contributed by atoms with van der Waals surface area (Å²) in [6.45, 7) is 0.778. The Morgan fingerprint density at radius 3 is 2.56 bits per heavy atom. The number of aliphatic carboxylic acids is 1. The van der Waals surface area contributed by atoms with Gasteiger partial charge in [-0.3, -0.25) is 14.9 Å². The lowest BCUT2D eigenvalue weighted by Crippen LogP contribution is -2.42. The Balaban J connectivity index is 1.31. The fourth-order valence-corrected chi connectivity index (χ4v) is 5.83. The molecule has 7 nitrogen and oxygen atoms in total. The summed E-state index contributed by atoms with van der Waals surface area (Å²) >= 11 is 7.43. The number of anilines is 2. The van der Waals surface area contributed by atoms with Crippen LogP contribution in [0.15, 0.2) is 66.2 Å². The third-order valence-corrected chi connectivity index (χ3v) is 7.88. The Bertz CT molecular complexity index is 1600. The van der Waals surface area contributed by atoms with Crippen LogP contribution in [0.2, 0.25) is 5.02 Å². The molecule has 2 aromatic carbocycles. The van der Waals surface area contributed by atoms with Crippen LogP contribution in [-0.4, -0.2) is 40.0 Å². The summed E-state index contributed by atoms with van der Waals surface area (Å²) in [5.74, 6) is -3.39. The minimum Gasteiger partial charge on any atom is -0.481 e. The normalized spacial score (nSPS) is 17.3. The summed E-state index contributed by atoms with van der Waals surface area (Å²) < 4.78 is 53.7. The van der Waals surface area contributed by atoms with Crippen LogP contribution in [-0.2, 0) is 11.0 Å². The van der Waals surface area contributed by atoms with Gasteiger partial charge in [0.2, 0.25) is 0 Å². The average molecular weight is 605 g/mol.